The van der Waals surface area contributed by atoms with Crippen LogP contribution in [0.2, 0.25) is 0 Å². The van der Waals surface area contributed by atoms with E-state index in [2.05, 4.69) is 5.32 Å². The Morgan fingerprint density at radius 2 is 2.10 bits per heavy atom. The zero-order valence-electron chi connectivity index (χ0n) is 11.7. The van der Waals surface area contributed by atoms with Crippen LogP contribution < -0.4 is 15.8 Å². The summed E-state index contributed by atoms with van der Waals surface area (Å²) in [5.41, 5.74) is 7.75. The van der Waals surface area contributed by atoms with E-state index in [4.69, 9.17) is 10.5 Å². The number of carbonyl (C=O) groups excluding carboxylic acids is 1. The van der Waals surface area contributed by atoms with Crippen LogP contribution in [0.25, 0.3) is 0 Å². The minimum absolute atomic E-state index is 0.160. The van der Waals surface area contributed by atoms with E-state index in [-0.39, 0.29) is 12.4 Å². The maximum atomic E-state index is 13.2. The van der Waals surface area contributed by atoms with Crippen molar-refractivity contribution in [3.8, 4) is 5.75 Å². The zero-order chi connectivity index (χ0) is 15.2. The number of hydrogen-bond donors (Lipinski definition) is 2. The molecule has 0 radical (unpaired) electrons. The van der Waals surface area contributed by atoms with Gasteiger partial charge in [0.15, 0.2) is 6.61 Å². The summed E-state index contributed by atoms with van der Waals surface area (Å²) in [5, 5.41) is 3.19. The van der Waals surface area contributed by atoms with E-state index in [1.807, 2.05) is 13.0 Å². The molecule has 0 spiro atoms. The number of benzene rings is 2. The highest BCUT2D eigenvalue weighted by atomic mass is 19.1. The highest BCUT2D eigenvalue weighted by Gasteiger charge is 2.02. The molecule has 2 aromatic rings. The maximum Gasteiger partial charge on any atom is 0.255 e. The van der Waals surface area contributed by atoms with E-state index in [0.29, 0.717) is 12.3 Å². The normalized spacial score (nSPS) is 10.2. The minimum Gasteiger partial charge on any atom is -0.484 e. The molecule has 0 saturated carbocycles. The van der Waals surface area contributed by atoms with Crippen molar-refractivity contribution in [2.24, 2.45) is 5.73 Å². The molecular weight excluding hydrogens is 271 g/mol. The smallest absolute Gasteiger partial charge is 0.255 e. The molecule has 2 rings (SSSR count). The summed E-state index contributed by atoms with van der Waals surface area (Å²) in [6.07, 6.45) is 0. The lowest BCUT2D eigenvalue weighted by atomic mass is 10.1. The van der Waals surface area contributed by atoms with Crippen LogP contribution in [0.4, 0.5) is 10.1 Å². The van der Waals surface area contributed by atoms with Gasteiger partial charge in [-0.05, 0) is 42.3 Å². The Morgan fingerprint density at radius 1 is 1.29 bits per heavy atom. The lowest BCUT2D eigenvalue weighted by molar-refractivity contribution is -0.119. The van der Waals surface area contributed by atoms with Crippen molar-refractivity contribution >= 4 is 11.6 Å². The number of ether oxygens (including phenoxy) is 1. The van der Waals surface area contributed by atoms with Gasteiger partial charge in [0.25, 0.3) is 5.91 Å². The number of amides is 1. The summed E-state index contributed by atoms with van der Waals surface area (Å²) in [6.45, 7) is 2.28. The lowest BCUT2D eigenvalue weighted by Gasteiger charge is -2.11. The molecule has 0 aliphatic carbocycles. The molecule has 0 atom stereocenters. The van der Waals surface area contributed by atoms with Crippen molar-refractivity contribution in [3.05, 3.63) is 59.4 Å². The largest absolute Gasteiger partial charge is 0.484 e. The van der Waals surface area contributed by atoms with Gasteiger partial charge in [0.2, 0.25) is 0 Å². The van der Waals surface area contributed by atoms with Crippen molar-refractivity contribution in [2.45, 2.75) is 13.5 Å². The molecule has 0 unspecified atom stereocenters. The summed E-state index contributed by atoms with van der Waals surface area (Å²) >= 11 is 0. The quantitative estimate of drug-likeness (QED) is 0.858. The molecule has 0 aliphatic rings. The van der Waals surface area contributed by atoms with Gasteiger partial charge in [-0.1, -0.05) is 12.1 Å². The van der Waals surface area contributed by atoms with Crippen molar-refractivity contribution in [1.82, 2.24) is 0 Å². The van der Waals surface area contributed by atoms with E-state index < -0.39 is 5.91 Å². The second-order valence-corrected chi connectivity index (χ2v) is 4.71. The van der Waals surface area contributed by atoms with E-state index in [1.165, 1.54) is 12.1 Å². The number of primary amides is 1. The number of halogens is 1. The minimum atomic E-state index is -0.524. The Hall–Kier alpha value is -2.56. The Bertz CT molecular complexity index is 644. The monoisotopic (exact) mass is 288 g/mol. The summed E-state index contributed by atoms with van der Waals surface area (Å²) in [5.74, 6) is -0.227. The Labute approximate surface area is 122 Å². The Morgan fingerprint density at radius 3 is 2.86 bits per heavy atom. The van der Waals surface area contributed by atoms with E-state index in [0.717, 1.165) is 16.8 Å². The fourth-order valence-corrected chi connectivity index (χ4v) is 1.88. The first kappa shape index (κ1) is 14.8. The van der Waals surface area contributed by atoms with E-state index in [1.54, 1.807) is 24.3 Å². The second kappa shape index (κ2) is 6.74. The molecular formula is C16H17FN2O2. The van der Waals surface area contributed by atoms with Crippen LogP contribution in [0, 0.1) is 12.7 Å². The van der Waals surface area contributed by atoms with Gasteiger partial charge in [-0.15, -0.1) is 0 Å². The Kier molecular flexibility index (Phi) is 4.77. The molecule has 4 nitrogen and oxygen atoms in total. The number of anilines is 1. The second-order valence-electron chi connectivity index (χ2n) is 4.71. The first-order valence-electron chi connectivity index (χ1n) is 6.54. The predicted octanol–water partition coefficient (Wildman–Crippen LogP) is 2.61. The number of carbonyl (C=O) groups is 1. The zero-order valence-corrected chi connectivity index (χ0v) is 11.7. The van der Waals surface area contributed by atoms with Gasteiger partial charge in [0, 0.05) is 18.3 Å². The van der Waals surface area contributed by atoms with Gasteiger partial charge in [0.1, 0.15) is 11.6 Å². The highest BCUT2D eigenvalue weighted by Crippen LogP contribution is 2.19. The van der Waals surface area contributed by atoms with Crippen molar-refractivity contribution in [1.29, 1.82) is 0 Å². The summed E-state index contributed by atoms with van der Waals surface area (Å²) in [4.78, 5) is 10.7. The molecule has 2 aromatic carbocycles. The summed E-state index contributed by atoms with van der Waals surface area (Å²) in [6, 6.07) is 11.9. The fraction of sp³-hybridized carbons (Fsp3) is 0.188. The van der Waals surface area contributed by atoms with Gasteiger partial charge < -0.3 is 15.8 Å². The van der Waals surface area contributed by atoms with Crippen LogP contribution in [0.5, 0.6) is 5.75 Å². The third-order valence-corrected chi connectivity index (χ3v) is 3.01. The van der Waals surface area contributed by atoms with Crippen LogP contribution in [0.3, 0.4) is 0 Å². The number of aryl methyl sites for hydroxylation is 1. The molecule has 0 saturated heterocycles. The van der Waals surface area contributed by atoms with Crippen LogP contribution >= 0.6 is 0 Å². The van der Waals surface area contributed by atoms with Crippen molar-refractivity contribution in [2.75, 3.05) is 11.9 Å². The molecule has 0 bridgehead atoms. The average molecular weight is 288 g/mol. The van der Waals surface area contributed by atoms with E-state index in [9.17, 15) is 9.18 Å². The molecule has 0 heterocycles. The fourth-order valence-electron chi connectivity index (χ4n) is 1.88. The van der Waals surface area contributed by atoms with Gasteiger partial charge in [0.05, 0.1) is 0 Å². The predicted molar refractivity (Wildman–Crippen MR) is 79.6 cm³/mol. The summed E-state index contributed by atoms with van der Waals surface area (Å²) in [7, 11) is 0. The first-order chi connectivity index (χ1) is 10.0. The van der Waals surface area contributed by atoms with Gasteiger partial charge in [-0.3, -0.25) is 4.79 Å². The highest BCUT2D eigenvalue weighted by molar-refractivity contribution is 5.75. The van der Waals surface area contributed by atoms with Crippen LogP contribution in [-0.4, -0.2) is 12.5 Å². The third-order valence-electron chi connectivity index (χ3n) is 3.01. The molecule has 0 aromatic heterocycles. The van der Waals surface area contributed by atoms with Crippen molar-refractivity contribution in [3.63, 3.8) is 0 Å². The molecule has 0 aliphatic heterocycles. The van der Waals surface area contributed by atoms with Gasteiger partial charge >= 0.3 is 0 Å². The Balaban J connectivity index is 2.01. The molecule has 1 amide bonds. The SMILES string of the molecule is Cc1ccc(F)cc1CNc1cccc(OCC(N)=O)c1. The molecule has 0 fully saturated rings. The number of nitrogens with two attached hydrogens (primary N) is 1. The first-order valence-corrected chi connectivity index (χ1v) is 6.54. The molecule has 3 N–H and O–H groups in total. The molecule has 110 valence electrons. The number of nitrogens with one attached hydrogen (secondary N) is 1. The third kappa shape index (κ3) is 4.49. The topological polar surface area (TPSA) is 64.3 Å². The molecule has 21 heavy (non-hydrogen) atoms. The van der Waals surface area contributed by atoms with Crippen LogP contribution in [0.15, 0.2) is 42.5 Å². The molecule has 5 heteroatoms. The summed E-state index contributed by atoms with van der Waals surface area (Å²) < 4.78 is 18.5. The lowest BCUT2D eigenvalue weighted by Crippen LogP contribution is -2.20. The number of hydrogen-bond acceptors (Lipinski definition) is 3. The standard InChI is InChI=1S/C16H17FN2O2/c1-11-5-6-13(17)7-12(11)9-19-14-3-2-4-15(8-14)21-10-16(18)20/h2-8,19H,9-10H2,1H3,(H2,18,20). The number of rotatable bonds is 6. The van der Waals surface area contributed by atoms with Crippen LogP contribution in [-0.2, 0) is 11.3 Å². The van der Waals surface area contributed by atoms with Gasteiger partial charge in [-0.25, -0.2) is 4.39 Å². The van der Waals surface area contributed by atoms with E-state index >= 15 is 0 Å². The average Bonchev–Trinajstić information content (AvgIpc) is 2.46. The maximum absolute atomic E-state index is 13.2. The van der Waals surface area contributed by atoms with Gasteiger partial charge in [-0.2, -0.15) is 0 Å². The van der Waals surface area contributed by atoms with Crippen molar-refractivity contribution < 1.29 is 13.9 Å². The van der Waals surface area contributed by atoms with Crippen LogP contribution in [0.1, 0.15) is 11.1 Å².